The number of phosphoric ester groups is 1. The maximum absolute atomic E-state index is 13.1. The van der Waals surface area contributed by atoms with E-state index in [0.717, 1.165) is 16.2 Å². The third-order valence-electron chi connectivity index (χ3n) is 4.35. The molecular weight excluding hydrogens is 419 g/mol. The summed E-state index contributed by atoms with van der Waals surface area (Å²) in [4.78, 5) is 36.8. The number of anilines is 1. The van der Waals surface area contributed by atoms with E-state index in [9.17, 15) is 9.36 Å². The van der Waals surface area contributed by atoms with Gasteiger partial charge in [-0.05, 0) is 42.3 Å². The van der Waals surface area contributed by atoms with E-state index in [-0.39, 0.29) is 0 Å². The van der Waals surface area contributed by atoms with Crippen molar-refractivity contribution in [2.24, 2.45) is 5.73 Å². The molecule has 0 aliphatic heterocycles. The summed E-state index contributed by atoms with van der Waals surface area (Å²) in [6, 6.07) is 25.4. The highest BCUT2D eigenvalue weighted by Crippen LogP contribution is 2.37. The van der Waals surface area contributed by atoms with E-state index in [4.69, 9.17) is 20.4 Å². The van der Waals surface area contributed by atoms with Gasteiger partial charge < -0.3 is 20.4 Å². The Labute approximate surface area is 180 Å². The van der Waals surface area contributed by atoms with Crippen LogP contribution in [0.1, 0.15) is 6.92 Å². The smallest absolute Gasteiger partial charge is 0.372 e. The second-order valence-corrected chi connectivity index (χ2v) is 8.34. The van der Waals surface area contributed by atoms with Crippen molar-refractivity contribution in [1.82, 2.24) is 0 Å². The van der Waals surface area contributed by atoms with Crippen LogP contribution in [0.4, 0.5) is 5.69 Å². The van der Waals surface area contributed by atoms with Crippen LogP contribution >= 0.6 is 7.82 Å². The lowest BCUT2D eigenvalue weighted by Crippen LogP contribution is -2.57. The number of nitrogens with two attached hydrogens (primary N) is 1. The molecule has 1 unspecified atom stereocenters. The Hall–Kier alpha value is -3.00. The van der Waals surface area contributed by atoms with Crippen LogP contribution in [0, 0.1) is 0 Å². The summed E-state index contributed by atoms with van der Waals surface area (Å²) in [6.07, 6.45) is 0. The van der Waals surface area contributed by atoms with Gasteiger partial charge in [-0.25, -0.2) is 4.57 Å². The highest BCUT2D eigenvalue weighted by molar-refractivity contribution is 7.46. The van der Waals surface area contributed by atoms with E-state index < -0.39 is 25.9 Å². The number of para-hydroxylation sites is 1. The van der Waals surface area contributed by atoms with Gasteiger partial charge in [-0.1, -0.05) is 60.7 Å². The quantitative estimate of drug-likeness (QED) is 0.360. The van der Waals surface area contributed by atoms with Crippen molar-refractivity contribution in [3.8, 4) is 16.9 Å². The van der Waals surface area contributed by atoms with Crippen LogP contribution in [-0.2, 0) is 13.9 Å². The van der Waals surface area contributed by atoms with E-state index in [1.165, 1.54) is 6.92 Å². The fraction of sp³-hybridized carbons (Fsp3) is 0.136. The van der Waals surface area contributed by atoms with E-state index in [2.05, 4.69) is 4.52 Å². The number of amides is 1. The highest BCUT2D eigenvalue weighted by Gasteiger charge is 2.37. The van der Waals surface area contributed by atoms with E-state index >= 15 is 0 Å². The highest BCUT2D eigenvalue weighted by atomic mass is 31.2. The molecule has 0 saturated heterocycles. The minimum atomic E-state index is -4.80. The number of phosphoric acid groups is 1. The molecule has 3 aromatic carbocycles. The van der Waals surface area contributed by atoms with Gasteiger partial charge in [0.2, 0.25) is 0 Å². The van der Waals surface area contributed by atoms with E-state index in [0.29, 0.717) is 11.4 Å². The molecule has 0 fully saturated rings. The van der Waals surface area contributed by atoms with Crippen molar-refractivity contribution < 1.29 is 28.5 Å². The predicted molar refractivity (Wildman–Crippen MR) is 117 cm³/mol. The predicted octanol–water partition coefficient (Wildman–Crippen LogP) is 3.51. The van der Waals surface area contributed by atoms with Gasteiger partial charge in [0.1, 0.15) is 5.54 Å². The molecule has 0 aliphatic carbocycles. The number of carbonyl (C=O) groups excluding carboxylic acids is 1. The SMILES string of the molecule is CC(N)(COP(=O)(O)O)C(=O)N(Oc1ccc(-c2ccccc2)cc1)c1ccccc1. The van der Waals surface area contributed by atoms with Crippen molar-refractivity contribution in [2.75, 3.05) is 11.7 Å². The zero-order chi connectivity index (χ0) is 22.5. The molecule has 4 N–H and O–H groups in total. The summed E-state index contributed by atoms with van der Waals surface area (Å²) in [5.74, 6) is -0.358. The van der Waals surface area contributed by atoms with Crippen LogP contribution in [-0.4, -0.2) is 27.8 Å². The van der Waals surface area contributed by atoms with E-state index in [1.54, 1.807) is 42.5 Å². The van der Waals surface area contributed by atoms with Crippen molar-refractivity contribution in [3.05, 3.63) is 84.9 Å². The Morgan fingerprint density at radius 2 is 1.45 bits per heavy atom. The summed E-state index contributed by atoms with van der Waals surface area (Å²) in [7, 11) is -4.80. The van der Waals surface area contributed by atoms with Crippen LogP contribution in [0.3, 0.4) is 0 Å². The van der Waals surface area contributed by atoms with Crippen molar-refractivity contribution in [2.45, 2.75) is 12.5 Å². The first kappa shape index (κ1) is 22.7. The van der Waals surface area contributed by atoms with Gasteiger partial charge >= 0.3 is 7.82 Å². The zero-order valence-corrected chi connectivity index (χ0v) is 17.7. The molecule has 0 spiro atoms. The average molecular weight is 442 g/mol. The molecule has 0 heterocycles. The zero-order valence-electron chi connectivity index (χ0n) is 16.8. The molecule has 3 aromatic rings. The minimum Gasteiger partial charge on any atom is -0.372 e. The number of rotatable bonds is 8. The molecule has 0 aliphatic rings. The molecule has 162 valence electrons. The van der Waals surface area contributed by atoms with Gasteiger partial charge in [-0.2, -0.15) is 0 Å². The third-order valence-corrected chi connectivity index (χ3v) is 4.82. The van der Waals surface area contributed by atoms with Crippen molar-refractivity contribution in [1.29, 1.82) is 0 Å². The van der Waals surface area contributed by atoms with Gasteiger partial charge in [-0.15, -0.1) is 5.06 Å². The Morgan fingerprint density at radius 1 is 0.935 bits per heavy atom. The first-order chi connectivity index (χ1) is 14.7. The first-order valence-electron chi connectivity index (χ1n) is 9.38. The fourth-order valence-electron chi connectivity index (χ4n) is 2.73. The summed E-state index contributed by atoms with van der Waals surface area (Å²) in [5, 5.41) is 0.987. The molecule has 1 atom stereocenters. The van der Waals surface area contributed by atoms with Crippen molar-refractivity contribution >= 4 is 19.4 Å². The molecule has 8 nitrogen and oxygen atoms in total. The molecule has 0 saturated carbocycles. The molecule has 1 amide bonds. The maximum atomic E-state index is 13.1. The Morgan fingerprint density at radius 3 is 2.00 bits per heavy atom. The molecule has 0 aromatic heterocycles. The monoisotopic (exact) mass is 442 g/mol. The Balaban J connectivity index is 1.85. The summed E-state index contributed by atoms with van der Waals surface area (Å²) >= 11 is 0. The number of benzene rings is 3. The number of hydrogen-bond acceptors (Lipinski definition) is 5. The second-order valence-electron chi connectivity index (χ2n) is 7.10. The average Bonchev–Trinajstić information content (AvgIpc) is 2.77. The third kappa shape index (κ3) is 6.24. The largest absolute Gasteiger partial charge is 0.469 e. The van der Waals surface area contributed by atoms with Crippen LogP contribution in [0.25, 0.3) is 11.1 Å². The van der Waals surface area contributed by atoms with Crippen LogP contribution in [0.2, 0.25) is 0 Å². The number of hydroxylamine groups is 1. The maximum Gasteiger partial charge on any atom is 0.469 e. The van der Waals surface area contributed by atoms with Gasteiger partial charge in [-0.3, -0.25) is 9.32 Å². The van der Waals surface area contributed by atoms with Crippen LogP contribution in [0.15, 0.2) is 84.9 Å². The number of carbonyl (C=O) groups is 1. The standard InChI is InChI=1S/C22H23N2O6P/c1-22(23,16-29-31(26,27)28)21(25)24(19-10-6-3-7-11-19)30-20-14-12-18(13-15-20)17-8-4-2-5-9-17/h2-15H,16,23H2,1H3,(H2,26,27,28). The number of hydrogen-bond donors (Lipinski definition) is 3. The lowest BCUT2D eigenvalue weighted by molar-refractivity contribution is -0.128. The molecule has 3 rings (SSSR count). The summed E-state index contributed by atoms with van der Waals surface area (Å²) in [6.45, 7) is 0.610. The Kier molecular flexibility index (Phi) is 6.90. The van der Waals surface area contributed by atoms with Gasteiger partial charge in [0.05, 0.1) is 12.3 Å². The molecular formula is C22H23N2O6P. The molecule has 31 heavy (non-hydrogen) atoms. The Bertz CT molecular complexity index is 1050. The second kappa shape index (κ2) is 9.43. The lowest BCUT2D eigenvalue weighted by Gasteiger charge is -2.30. The molecule has 9 heteroatoms. The molecule has 0 radical (unpaired) electrons. The van der Waals surface area contributed by atoms with Gasteiger partial charge in [0.15, 0.2) is 5.75 Å². The summed E-state index contributed by atoms with van der Waals surface area (Å²) in [5.41, 5.74) is 6.67. The first-order valence-corrected chi connectivity index (χ1v) is 10.9. The van der Waals surface area contributed by atoms with Gasteiger partial charge in [0.25, 0.3) is 5.91 Å². The normalized spacial score (nSPS) is 13.3. The minimum absolute atomic E-state index is 0.378. The van der Waals surface area contributed by atoms with E-state index in [1.807, 2.05) is 42.5 Å². The lowest BCUT2D eigenvalue weighted by atomic mass is 10.0. The number of nitrogens with zero attached hydrogens (tertiary/aromatic N) is 1. The topological polar surface area (TPSA) is 122 Å². The fourth-order valence-corrected chi connectivity index (χ4v) is 3.17. The summed E-state index contributed by atoms with van der Waals surface area (Å²) < 4.78 is 15.5. The molecule has 0 bridgehead atoms. The van der Waals surface area contributed by atoms with Crippen LogP contribution < -0.4 is 15.6 Å². The van der Waals surface area contributed by atoms with Gasteiger partial charge in [0, 0.05) is 0 Å². The van der Waals surface area contributed by atoms with Crippen molar-refractivity contribution in [3.63, 3.8) is 0 Å². The van der Waals surface area contributed by atoms with Crippen LogP contribution in [0.5, 0.6) is 5.75 Å².